The Hall–Kier alpha value is -0.970. The van der Waals surface area contributed by atoms with Gasteiger partial charge in [0.1, 0.15) is 0 Å². The first-order chi connectivity index (χ1) is 7.78. The molecule has 1 aliphatic carbocycles. The number of hydrogen-bond acceptors (Lipinski definition) is 4. The average Bonchev–Trinajstić information content (AvgIpc) is 2.54. The zero-order chi connectivity index (χ0) is 12.8. The smallest absolute Gasteiger partial charge is 0.165 e. The van der Waals surface area contributed by atoms with E-state index in [2.05, 4.69) is 62.4 Å². The number of nitrogens with zero attached hydrogens (tertiary/aromatic N) is 4. The fourth-order valence-corrected chi connectivity index (χ4v) is 2.60. The molecule has 1 saturated carbocycles. The molecule has 0 amide bonds. The summed E-state index contributed by atoms with van der Waals surface area (Å²) < 4.78 is 2.00. The van der Waals surface area contributed by atoms with Crippen LogP contribution in [-0.4, -0.2) is 26.2 Å². The maximum Gasteiger partial charge on any atom is 0.165 e. The van der Waals surface area contributed by atoms with Crippen LogP contribution in [0.4, 0.5) is 0 Å². The highest BCUT2D eigenvalue weighted by molar-refractivity contribution is 5.16. The van der Waals surface area contributed by atoms with E-state index in [0.717, 1.165) is 12.4 Å². The summed E-state index contributed by atoms with van der Waals surface area (Å²) in [6.07, 6.45) is 0. The van der Waals surface area contributed by atoms with Crippen LogP contribution in [0.25, 0.3) is 0 Å². The zero-order valence-electron chi connectivity index (χ0n) is 11.7. The third-order valence-electron chi connectivity index (χ3n) is 4.42. The van der Waals surface area contributed by atoms with Crippen LogP contribution in [0, 0.1) is 10.8 Å². The van der Waals surface area contributed by atoms with Crippen LogP contribution >= 0.6 is 0 Å². The van der Waals surface area contributed by atoms with E-state index in [-0.39, 0.29) is 10.8 Å². The Kier molecular flexibility index (Phi) is 2.77. The zero-order valence-corrected chi connectivity index (χ0v) is 11.7. The molecule has 0 radical (unpaired) electrons. The standard InChI is InChI=1S/C12H23N5/c1-8(2)13-7-9-14-15-16-17(9)10-11(3,4)12(10,5)6/h8,10,13H,7H2,1-6H3. The van der Waals surface area contributed by atoms with Crippen molar-refractivity contribution in [3.05, 3.63) is 5.82 Å². The second-order valence-corrected chi connectivity index (χ2v) is 6.42. The number of rotatable bonds is 4. The van der Waals surface area contributed by atoms with Crippen LogP contribution in [0.15, 0.2) is 0 Å². The van der Waals surface area contributed by atoms with Gasteiger partial charge in [0.05, 0.1) is 12.6 Å². The molecule has 1 fully saturated rings. The van der Waals surface area contributed by atoms with E-state index >= 15 is 0 Å². The minimum Gasteiger partial charge on any atom is -0.308 e. The Balaban J connectivity index is 2.16. The van der Waals surface area contributed by atoms with E-state index in [9.17, 15) is 0 Å². The van der Waals surface area contributed by atoms with Crippen molar-refractivity contribution in [1.82, 2.24) is 25.5 Å². The van der Waals surface area contributed by atoms with Crippen LogP contribution < -0.4 is 5.32 Å². The fraction of sp³-hybridized carbons (Fsp3) is 0.917. The van der Waals surface area contributed by atoms with Gasteiger partial charge in [-0.1, -0.05) is 41.5 Å². The summed E-state index contributed by atoms with van der Waals surface area (Å²) in [7, 11) is 0. The summed E-state index contributed by atoms with van der Waals surface area (Å²) in [5.74, 6) is 0.933. The quantitative estimate of drug-likeness (QED) is 0.867. The van der Waals surface area contributed by atoms with Crippen LogP contribution in [0.5, 0.6) is 0 Å². The molecule has 1 heterocycles. The van der Waals surface area contributed by atoms with Crippen molar-refractivity contribution in [2.75, 3.05) is 0 Å². The topological polar surface area (TPSA) is 55.6 Å². The Morgan fingerprint density at radius 1 is 1.24 bits per heavy atom. The molecule has 5 nitrogen and oxygen atoms in total. The lowest BCUT2D eigenvalue weighted by Crippen LogP contribution is -2.24. The highest BCUT2D eigenvalue weighted by Gasteiger charge is 2.67. The Labute approximate surface area is 103 Å². The summed E-state index contributed by atoms with van der Waals surface area (Å²) in [4.78, 5) is 0. The molecule has 0 spiro atoms. The first kappa shape index (κ1) is 12.5. The predicted octanol–water partition coefficient (Wildman–Crippen LogP) is 1.78. The van der Waals surface area contributed by atoms with E-state index < -0.39 is 0 Å². The number of tetrazole rings is 1. The van der Waals surface area contributed by atoms with Crippen LogP contribution in [0.3, 0.4) is 0 Å². The molecule has 1 aromatic heterocycles. The molecule has 17 heavy (non-hydrogen) atoms. The molecule has 5 heteroatoms. The molecule has 96 valence electrons. The average molecular weight is 237 g/mol. The molecule has 1 aliphatic rings. The summed E-state index contributed by atoms with van der Waals surface area (Å²) in [6.45, 7) is 14.1. The molecule has 0 aliphatic heterocycles. The molecule has 0 aromatic carbocycles. The minimum atomic E-state index is 0.259. The number of aromatic nitrogens is 4. The van der Waals surface area contributed by atoms with E-state index in [4.69, 9.17) is 0 Å². The lowest BCUT2D eigenvalue weighted by Gasteiger charge is -2.09. The van der Waals surface area contributed by atoms with Crippen LogP contribution in [0.1, 0.15) is 53.4 Å². The van der Waals surface area contributed by atoms with E-state index in [1.54, 1.807) is 0 Å². The molecule has 2 rings (SSSR count). The molecule has 1 N–H and O–H groups in total. The largest absolute Gasteiger partial charge is 0.308 e. The molecule has 0 unspecified atom stereocenters. The molecule has 0 atom stereocenters. The predicted molar refractivity (Wildman–Crippen MR) is 66.4 cm³/mol. The van der Waals surface area contributed by atoms with Crippen molar-refractivity contribution in [3.8, 4) is 0 Å². The maximum atomic E-state index is 4.16. The van der Waals surface area contributed by atoms with Gasteiger partial charge >= 0.3 is 0 Å². The van der Waals surface area contributed by atoms with Crippen molar-refractivity contribution in [2.24, 2.45) is 10.8 Å². The van der Waals surface area contributed by atoms with Gasteiger partial charge in [-0.25, -0.2) is 4.68 Å². The molecule has 0 bridgehead atoms. The fourth-order valence-electron chi connectivity index (χ4n) is 2.60. The molecular formula is C12H23N5. The van der Waals surface area contributed by atoms with Crippen LogP contribution in [0.2, 0.25) is 0 Å². The lowest BCUT2D eigenvalue weighted by molar-refractivity contribution is 0.457. The first-order valence-corrected chi connectivity index (χ1v) is 6.28. The van der Waals surface area contributed by atoms with Gasteiger partial charge in [-0.15, -0.1) is 5.10 Å². The summed E-state index contributed by atoms with van der Waals surface area (Å²) in [6, 6.07) is 0.842. The molecule has 0 saturated heterocycles. The van der Waals surface area contributed by atoms with Crippen molar-refractivity contribution >= 4 is 0 Å². The highest BCUT2D eigenvalue weighted by Crippen LogP contribution is 2.71. The third kappa shape index (κ3) is 1.86. The summed E-state index contributed by atoms with van der Waals surface area (Å²) >= 11 is 0. The highest BCUT2D eigenvalue weighted by atomic mass is 15.6. The van der Waals surface area contributed by atoms with Gasteiger partial charge in [0.2, 0.25) is 0 Å². The van der Waals surface area contributed by atoms with Gasteiger partial charge in [0.15, 0.2) is 5.82 Å². The van der Waals surface area contributed by atoms with Crippen molar-refractivity contribution in [3.63, 3.8) is 0 Å². The van der Waals surface area contributed by atoms with Gasteiger partial charge in [-0.05, 0) is 21.3 Å². The van der Waals surface area contributed by atoms with Crippen molar-refractivity contribution in [2.45, 2.75) is 60.2 Å². The second kappa shape index (κ2) is 3.77. The van der Waals surface area contributed by atoms with Crippen molar-refractivity contribution in [1.29, 1.82) is 0 Å². The Morgan fingerprint density at radius 2 is 1.82 bits per heavy atom. The monoisotopic (exact) mass is 237 g/mol. The van der Waals surface area contributed by atoms with Gasteiger partial charge in [0, 0.05) is 6.04 Å². The SMILES string of the molecule is CC(C)NCc1nnnn1C1C(C)(C)C1(C)C. The van der Waals surface area contributed by atoms with Gasteiger partial charge in [-0.2, -0.15) is 0 Å². The Bertz CT molecular complexity index is 391. The molecular weight excluding hydrogens is 214 g/mol. The van der Waals surface area contributed by atoms with Gasteiger partial charge < -0.3 is 5.32 Å². The van der Waals surface area contributed by atoms with E-state index in [1.807, 2.05) is 4.68 Å². The van der Waals surface area contributed by atoms with E-state index in [1.165, 1.54) is 0 Å². The van der Waals surface area contributed by atoms with Gasteiger partial charge in [-0.3, -0.25) is 0 Å². The Morgan fingerprint density at radius 3 is 2.29 bits per heavy atom. The second-order valence-electron chi connectivity index (χ2n) is 6.42. The first-order valence-electron chi connectivity index (χ1n) is 6.28. The normalized spacial score (nSPS) is 22.1. The summed E-state index contributed by atoms with van der Waals surface area (Å²) in [5.41, 5.74) is 0.518. The number of hydrogen-bond donors (Lipinski definition) is 1. The van der Waals surface area contributed by atoms with Crippen molar-refractivity contribution < 1.29 is 0 Å². The third-order valence-corrected chi connectivity index (χ3v) is 4.42. The minimum absolute atomic E-state index is 0.259. The maximum absolute atomic E-state index is 4.16. The lowest BCUT2D eigenvalue weighted by atomic mass is 10.0. The van der Waals surface area contributed by atoms with E-state index in [0.29, 0.717) is 12.1 Å². The molecule has 1 aromatic rings. The van der Waals surface area contributed by atoms with Crippen LogP contribution in [-0.2, 0) is 6.54 Å². The number of nitrogens with one attached hydrogen (secondary N) is 1. The summed E-state index contributed by atoms with van der Waals surface area (Å²) in [5, 5.41) is 15.5. The van der Waals surface area contributed by atoms with Gasteiger partial charge in [0.25, 0.3) is 0 Å².